The first-order valence-electron chi connectivity index (χ1n) is 7.01. The van der Waals surface area contributed by atoms with Gasteiger partial charge in [-0.05, 0) is 25.1 Å². The molecule has 0 atom stereocenters. The molecule has 1 heterocycles. The maximum absolute atomic E-state index is 12.3. The van der Waals surface area contributed by atoms with E-state index >= 15 is 0 Å². The Hall–Kier alpha value is -2.93. The van der Waals surface area contributed by atoms with Crippen molar-refractivity contribution in [3.63, 3.8) is 0 Å². The standard InChI is InChI=1S/C17H13NO5S/c1-11-6-8-12(9-7-11)24(21,22)23-16-10-14(17(19)20)13-4-2-3-5-15(13)18-16/h2-10H,1H3,(H,19,20). The summed E-state index contributed by atoms with van der Waals surface area (Å²) in [5.41, 5.74) is 1.17. The SMILES string of the molecule is Cc1ccc(S(=O)(=O)Oc2cc(C(=O)O)c3ccccc3n2)cc1. The van der Waals surface area contributed by atoms with Crippen molar-refractivity contribution < 1.29 is 22.5 Å². The molecule has 7 heteroatoms. The van der Waals surface area contributed by atoms with Crippen molar-refractivity contribution >= 4 is 27.0 Å². The first kappa shape index (κ1) is 15.9. The Bertz CT molecular complexity index is 1030. The largest absolute Gasteiger partial charge is 0.478 e. The zero-order chi connectivity index (χ0) is 17.3. The molecule has 0 fully saturated rings. The van der Waals surface area contributed by atoms with E-state index in [1.807, 2.05) is 6.92 Å². The summed E-state index contributed by atoms with van der Waals surface area (Å²) in [6, 6.07) is 13.8. The summed E-state index contributed by atoms with van der Waals surface area (Å²) < 4.78 is 29.7. The van der Waals surface area contributed by atoms with Gasteiger partial charge in [0.25, 0.3) is 0 Å². The fourth-order valence-electron chi connectivity index (χ4n) is 2.24. The molecule has 3 rings (SSSR count). The normalized spacial score (nSPS) is 11.4. The van der Waals surface area contributed by atoms with Gasteiger partial charge in [-0.25, -0.2) is 9.78 Å². The number of rotatable bonds is 4. The van der Waals surface area contributed by atoms with Crippen LogP contribution in [0.25, 0.3) is 10.9 Å². The molecule has 1 N–H and O–H groups in total. The number of para-hydroxylation sites is 1. The van der Waals surface area contributed by atoms with Crippen LogP contribution < -0.4 is 4.18 Å². The lowest BCUT2D eigenvalue weighted by Gasteiger charge is -2.09. The second-order valence-corrected chi connectivity index (χ2v) is 6.73. The highest BCUT2D eigenvalue weighted by atomic mass is 32.2. The third-order valence-electron chi connectivity index (χ3n) is 3.43. The molecule has 0 saturated heterocycles. The lowest BCUT2D eigenvalue weighted by Crippen LogP contribution is -2.11. The highest BCUT2D eigenvalue weighted by Crippen LogP contribution is 2.24. The number of carboxylic acid groups (broad SMARTS) is 1. The van der Waals surface area contributed by atoms with Crippen molar-refractivity contribution in [3.8, 4) is 5.88 Å². The van der Waals surface area contributed by atoms with Gasteiger partial charge in [-0.1, -0.05) is 35.9 Å². The van der Waals surface area contributed by atoms with E-state index in [1.165, 1.54) is 12.1 Å². The van der Waals surface area contributed by atoms with Crippen molar-refractivity contribution in [2.24, 2.45) is 0 Å². The lowest BCUT2D eigenvalue weighted by molar-refractivity contribution is 0.0698. The summed E-state index contributed by atoms with van der Waals surface area (Å²) in [5, 5.41) is 9.73. The van der Waals surface area contributed by atoms with E-state index < -0.39 is 16.1 Å². The van der Waals surface area contributed by atoms with E-state index in [2.05, 4.69) is 4.98 Å². The highest BCUT2D eigenvalue weighted by Gasteiger charge is 2.20. The fourth-order valence-corrected chi connectivity index (χ4v) is 3.11. The number of hydrogen-bond acceptors (Lipinski definition) is 5. The second-order valence-electron chi connectivity index (χ2n) is 5.18. The Morgan fingerprint density at radius 2 is 1.75 bits per heavy atom. The van der Waals surface area contributed by atoms with Gasteiger partial charge in [-0.3, -0.25) is 0 Å². The lowest BCUT2D eigenvalue weighted by atomic mass is 10.1. The van der Waals surface area contributed by atoms with Crippen LogP contribution in [0.3, 0.4) is 0 Å². The summed E-state index contributed by atoms with van der Waals surface area (Å²) in [6.45, 7) is 1.83. The average Bonchev–Trinajstić information content (AvgIpc) is 2.54. The minimum Gasteiger partial charge on any atom is -0.478 e. The molecule has 0 radical (unpaired) electrons. The van der Waals surface area contributed by atoms with Gasteiger partial charge in [0, 0.05) is 11.5 Å². The number of benzene rings is 2. The molecule has 0 spiro atoms. The van der Waals surface area contributed by atoms with Gasteiger partial charge in [-0.2, -0.15) is 8.42 Å². The molecule has 0 aliphatic rings. The fraction of sp³-hybridized carbons (Fsp3) is 0.0588. The Kier molecular flexibility index (Phi) is 3.94. The third-order valence-corrected chi connectivity index (χ3v) is 4.67. The zero-order valence-corrected chi connectivity index (χ0v) is 13.4. The van der Waals surface area contributed by atoms with Gasteiger partial charge in [0.15, 0.2) is 0 Å². The zero-order valence-electron chi connectivity index (χ0n) is 12.6. The van der Waals surface area contributed by atoms with Gasteiger partial charge in [0.05, 0.1) is 11.1 Å². The summed E-state index contributed by atoms with van der Waals surface area (Å²) >= 11 is 0. The maximum Gasteiger partial charge on any atom is 0.340 e. The molecule has 0 saturated carbocycles. The first-order chi connectivity index (χ1) is 11.4. The monoisotopic (exact) mass is 343 g/mol. The molecule has 0 aliphatic carbocycles. The minimum atomic E-state index is -4.10. The van der Waals surface area contributed by atoms with Crippen LogP contribution in [-0.4, -0.2) is 24.5 Å². The highest BCUT2D eigenvalue weighted by molar-refractivity contribution is 7.87. The minimum absolute atomic E-state index is 0.0278. The van der Waals surface area contributed by atoms with Crippen molar-refractivity contribution in [1.29, 1.82) is 0 Å². The Morgan fingerprint density at radius 1 is 1.08 bits per heavy atom. The van der Waals surface area contributed by atoms with Crippen LogP contribution in [0.15, 0.2) is 59.5 Å². The van der Waals surface area contributed by atoms with Gasteiger partial charge >= 0.3 is 16.1 Å². The van der Waals surface area contributed by atoms with E-state index in [9.17, 15) is 18.3 Å². The number of aromatic nitrogens is 1. The van der Waals surface area contributed by atoms with Crippen molar-refractivity contribution in [3.05, 3.63) is 65.7 Å². The molecular formula is C17H13NO5S. The van der Waals surface area contributed by atoms with Gasteiger partial charge < -0.3 is 9.29 Å². The maximum atomic E-state index is 12.3. The van der Waals surface area contributed by atoms with E-state index in [-0.39, 0.29) is 16.3 Å². The molecule has 0 unspecified atom stereocenters. The number of carboxylic acids is 1. The van der Waals surface area contributed by atoms with Gasteiger partial charge in [0.1, 0.15) is 4.90 Å². The smallest absolute Gasteiger partial charge is 0.340 e. The van der Waals surface area contributed by atoms with E-state index in [0.29, 0.717) is 10.9 Å². The number of carbonyl (C=O) groups is 1. The molecular weight excluding hydrogens is 330 g/mol. The quantitative estimate of drug-likeness (QED) is 0.732. The van der Waals surface area contributed by atoms with Crippen molar-refractivity contribution in [1.82, 2.24) is 4.98 Å². The molecule has 2 aromatic carbocycles. The summed E-state index contributed by atoms with van der Waals surface area (Å²) in [5.74, 6) is -1.47. The number of fused-ring (bicyclic) bond motifs is 1. The first-order valence-corrected chi connectivity index (χ1v) is 8.42. The summed E-state index contributed by atoms with van der Waals surface area (Å²) in [4.78, 5) is 15.5. The van der Waals surface area contributed by atoms with E-state index in [1.54, 1.807) is 36.4 Å². The second kappa shape index (κ2) is 5.93. The number of aryl methyl sites for hydroxylation is 1. The van der Waals surface area contributed by atoms with Gasteiger partial charge in [0.2, 0.25) is 5.88 Å². The molecule has 6 nitrogen and oxygen atoms in total. The number of pyridine rings is 1. The summed E-state index contributed by atoms with van der Waals surface area (Å²) in [6.07, 6.45) is 0. The topological polar surface area (TPSA) is 93.6 Å². The van der Waals surface area contributed by atoms with E-state index in [4.69, 9.17) is 4.18 Å². The molecule has 0 amide bonds. The molecule has 0 aliphatic heterocycles. The third kappa shape index (κ3) is 3.07. The Labute approximate surface area is 138 Å². The van der Waals surface area contributed by atoms with Crippen LogP contribution >= 0.6 is 0 Å². The Morgan fingerprint density at radius 3 is 2.42 bits per heavy atom. The molecule has 1 aromatic heterocycles. The Balaban J connectivity index is 2.06. The predicted octanol–water partition coefficient (Wildman–Crippen LogP) is 3.01. The van der Waals surface area contributed by atoms with Gasteiger partial charge in [-0.15, -0.1) is 0 Å². The van der Waals surface area contributed by atoms with Crippen LogP contribution in [0.2, 0.25) is 0 Å². The van der Waals surface area contributed by atoms with Crippen molar-refractivity contribution in [2.75, 3.05) is 0 Å². The molecule has 3 aromatic rings. The molecule has 0 bridgehead atoms. The van der Waals surface area contributed by atoms with Crippen LogP contribution in [0.4, 0.5) is 0 Å². The predicted molar refractivity (Wildman–Crippen MR) is 87.7 cm³/mol. The van der Waals surface area contributed by atoms with Crippen LogP contribution in [0.5, 0.6) is 5.88 Å². The van der Waals surface area contributed by atoms with Crippen LogP contribution in [0, 0.1) is 6.92 Å². The van der Waals surface area contributed by atoms with Crippen LogP contribution in [-0.2, 0) is 10.1 Å². The number of nitrogens with zero attached hydrogens (tertiary/aromatic N) is 1. The van der Waals surface area contributed by atoms with E-state index in [0.717, 1.165) is 11.6 Å². The summed E-state index contributed by atoms with van der Waals surface area (Å²) in [7, 11) is -4.10. The van der Waals surface area contributed by atoms with Crippen LogP contribution in [0.1, 0.15) is 15.9 Å². The molecule has 24 heavy (non-hydrogen) atoms. The average molecular weight is 343 g/mol. The molecule has 122 valence electrons. The van der Waals surface area contributed by atoms with Crippen molar-refractivity contribution in [2.45, 2.75) is 11.8 Å². The number of hydrogen-bond donors (Lipinski definition) is 1. The number of aromatic carboxylic acids is 1.